The van der Waals surface area contributed by atoms with E-state index in [1.165, 1.54) is 6.42 Å². The van der Waals surface area contributed by atoms with Gasteiger partial charge in [-0.2, -0.15) is 0 Å². The molecule has 0 aliphatic heterocycles. The first-order valence-corrected chi connectivity index (χ1v) is 8.68. The zero-order chi connectivity index (χ0) is 17.4. The lowest BCUT2D eigenvalue weighted by Gasteiger charge is -2.31. The predicted molar refractivity (Wildman–Crippen MR) is 100 cm³/mol. The minimum Gasteiger partial charge on any atom is -0.493 e. The van der Waals surface area contributed by atoms with Crippen LogP contribution in [0.25, 0.3) is 0 Å². The first-order valence-electron chi connectivity index (χ1n) is 8.68. The Hall–Kier alpha value is -1.46. The van der Waals surface area contributed by atoms with Crippen LogP contribution in [0.5, 0.6) is 11.5 Å². The first-order chi connectivity index (χ1) is 11.5. The van der Waals surface area contributed by atoms with Crippen LogP contribution in [0.3, 0.4) is 0 Å². The number of fused-ring (bicyclic) bond motifs is 2. The summed E-state index contributed by atoms with van der Waals surface area (Å²) in [6, 6.07) is 3.94. The van der Waals surface area contributed by atoms with Crippen molar-refractivity contribution in [3.8, 4) is 11.5 Å². The lowest BCUT2D eigenvalue weighted by molar-refractivity contribution is -0.137. The number of hydrogen-bond donors (Lipinski definition) is 1. The van der Waals surface area contributed by atoms with Crippen molar-refractivity contribution in [2.45, 2.75) is 38.8 Å². The molecule has 4 unspecified atom stereocenters. The van der Waals surface area contributed by atoms with Gasteiger partial charge in [-0.1, -0.05) is 0 Å². The number of aryl methyl sites for hydroxylation is 1. The lowest BCUT2D eigenvalue weighted by Crippen LogP contribution is -2.45. The van der Waals surface area contributed by atoms with Crippen LogP contribution in [0, 0.1) is 24.7 Å². The van der Waals surface area contributed by atoms with Crippen LogP contribution < -0.4 is 15.2 Å². The molecule has 1 amide bonds. The maximum Gasteiger partial charge on any atom is 0.227 e. The third kappa shape index (κ3) is 3.58. The Morgan fingerprint density at radius 2 is 1.80 bits per heavy atom. The smallest absolute Gasteiger partial charge is 0.227 e. The molecule has 2 N–H and O–H groups in total. The molecule has 0 aromatic heterocycles. The number of hydrogen-bond acceptors (Lipinski definition) is 4. The van der Waals surface area contributed by atoms with Gasteiger partial charge in [0.25, 0.3) is 0 Å². The summed E-state index contributed by atoms with van der Waals surface area (Å²) in [5.41, 5.74) is 8.48. The van der Waals surface area contributed by atoms with Crippen molar-refractivity contribution in [1.82, 2.24) is 4.90 Å². The standard InChI is InChI=1S/C19H28N2O3.ClH/c1-11-7-15(23-3)16(24-4)9-14(11)10-21(2)19(22)17-12-5-6-13(8-12)18(17)20;/h7,9,12-13,17-18H,5-6,8,10,20H2,1-4H3;1H. The maximum absolute atomic E-state index is 12.9. The molecule has 2 aliphatic carbocycles. The number of rotatable bonds is 5. The molecule has 3 rings (SSSR count). The summed E-state index contributed by atoms with van der Waals surface area (Å²) in [7, 11) is 5.13. The van der Waals surface area contributed by atoms with Crippen molar-refractivity contribution in [3.63, 3.8) is 0 Å². The molecule has 140 valence electrons. The number of benzene rings is 1. The van der Waals surface area contributed by atoms with Gasteiger partial charge >= 0.3 is 0 Å². The quantitative estimate of drug-likeness (QED) is 0.867. The predicted octanol–water partition coefficient (Wildman–Crippen LogP) is 2.77. The topological polar surface area (TPSA) is 64.8 Å². The molecule has 0 spiro atoms. The summed E-state index contributed by atoms with van der Waals surface area (Å²) in [4.78, 5) is 14.7. The fourth-order valence-corrected chi connectivity index (χ4v) is 4.48. The summed E-state index contributed by atoms with van der Waals surface area (Å²) < 4.78 is 10.7. The van der Waals surface area contributed by atoms with Gasteiger partial charge in [0, 0.05) is 19.6 Å². The fraction of sp³-hybridized carbons (Fsp3) is 0.632. The Labute approximate surface area is 156 Å². The summed E-state index contributed by atoms with van der Waals surface area (Å²) in [5, 5.41) is 0. The van der Waals surface area contributed by atoms with Gasteiger partial charge in [-0.15, -0.1) is 12.4 Å². The van der Waals surface area contributed by atoms with Crippen molar-refractivity contribution in [1.29, 1.82) is 0 Å². The number of halogens is 1. The zero-order valence-corrected chi connectivity index (χ0v) is 16.3. The third-order valence-electron chi connectivity index (χ3n) is 5.89. The Bertz CT molecular complexity index is 635. The summed E-state index contributed by atoms with van der Waals surface area (Å²) in [6.45, 7) is 2.59. The molecule has 2 aliphatic rings. The Morgan fingerprint density at radius 3 is 2.36 bits per heavy atom. The van der Waals surface area contributed by atoms with Crippen LogP contribution in [-0.2, 0) is 11.3 Å². The molecule has 2 saturated carbocycles. The van der Waals surface area contributed by atoms with E-state index in [1.807, 2.05) is 31.0 Å². The molecule has 2 fully saturated rings. The molecule has 1 aromatic carbocycles. The highest BCUT2D eigenvalue weighted by Gasteiger charge is 2.49. The van der Waals surface area contributed by atoms with Crippen molar-refractivity contribution >= 4 is 18.3 Å². The number of amides is 1. The van der Waals surface area contributed by atoms with E-state index in [-0.39, 0.29) is 30.3 Å². The average molecular weight is 369 g/mol. The van der Waals surface area contributed by atoms with Crippen LogP contribution in [0.15, 0.2) is 12.1 Å². The second kappa shape index (κ2) is 7.83. The zero-order valence-electron chi connectivity index (χ0n) is 15.5. The van der Waals surface area contributed by atoms with E-state index in [0.717, 1.165) is 24.0 Å². The highest BCUT2D eigenvalue weighted by atomic mass is 35.5. The molecule has 4 atom stereocenters. The SMILES string of the molecule is COc1cc(C)c(CN(C)C(=O)C2C3CCC(C3)C2N)cc1OC.Cl. The van der Waals surface area contributed by atoms with Crippen molar-refractivity contribution < 1.29 is 14.3 Å². The monoisotopic (exact) mass is 368 g/mol. The Kier molecular flexibility index (Phi) is 6.22. The summed E-state index contributed by atoms with van der Waals surface area (Å²) >= 11 is 0. The molecular formula is C19H29ClN2O3. The van der Waals surface area contributed by atoms with E-state index >= 15 is 0 Å². The number of carbonyl (C=O) groups excluding carboxylic acids is 1. The minimum atomic E-state index is -0.00537. The molecule has 0 heterocycles. The molecule has 5 nitrogen and oxygen atoms in total. The fourth-order valence-electron chi connectivity index (χ4n) is 4.48. The van der Waals surface area contributed by atoms with E-state index < -0.39 is 0 Å². The van der Waals surface area contributed by atoms with Crippen LogP contribution in [0.4, 0.5) is 0 Å². The van der Waals surface area contributed by atoms with Crippen molar-refractivity contribution in [2.75, 3.05) is 21.3 Å². The van der Waals surface area contributed by atoms with Crippen molar-refractivity contribution in [3.05, 3.63) is 23.3 Å². The van der Waals surface area contributed by atoms with Gasteiger partial charge < -0.3 is 20.1 Å². The van der Waals surface area contributed by atoms with E-state index in [2.05, 4.69) is 0 Å². The molecule has 0 radical (unpaired) electrons. The molecule has 25 heavy (non-hydrogen) atoms. The number of ether oxygens (including phenoxy) is 2. The van der Waals surface area contributed by atoms with Gasteiger partial charge in [-0.3, -0.25) is 4.79 Å². The number of methoxy groups -OCH3 is 2. The normalized spacial score (nSPS) is 26.9. The Morgan fingerprint density at radius 1 is 1.20 bits per heavy atom. The number of carbonyl (C=O) groups is 1. The first kappa shape index (κ1) is 19.9. The molecule has 6 heteroatoms. The number of nitrogens with two attached hydrogens (primary N) is 1. The van der Waals surface area contributed by atoms with Crippen LogP contribution in [-0.4, -0.2) is 38.1 Å². The summed E-state index contributed by atoms with van der Waals surface area (Å²) in [6.07, 6.45) is 3.47. The molecule has 0 saturated heterocycles. The van der Waals surface area contributed by atoms with Gasteiger partial charge in [-0.25, -0.2) is 0 Å². The van der Waals surface area contributed by atoms with Crippen LogP contribution in [0.1, 0.15) is 30.4 Å². The maximum atomic E-state index is 12.9. The molecule has 2 bridgehead atoms. The van der Waals surface area contributed by atoms with Gasteiger partial charge in [0.1, 0.15) is 0 Å². The highest BCUT2D eigenvalue weighted by molar-refractivity contribution is 5.85. The molecule has 1 aromatic rings. The van der Waals surface area contributed by atoms with Gasteiger partial charge in [0.15, 0.2) is 11.5 Å². The van der Waals surface area contributed by atoms with Gasteiger partial charge in [0.2, 0.25) is 5.91 Å². The van der Waals surface area contributed by atoms with Crippen LogP contribution >= 0.6 is 12.4 Å². The minimum absolute atomic E-state index is 0. The number of nitrogens with zero attached hydrogens (tertiary/aromatic N) is 1. The van der Waals surface area contributed by atoms with Crippen LogP contribution in [0.2, 0.25) is 0 Å². The molecular weight excluding hydrogens is 340 g/mol. The van der Waals surface area contributed by atoms with E-state index in [0.29, 0.717) is 29.9 Å². The third-order valence-corrected chi connectivity index (χ3v) is 5.89. The second-order valence-corrected chi connectivity index (χ2v) is 7.26. The van der Waals surface area contributed by atoms with E-state index in [9.17, 15) is 4.79 Å². The van der Waals surface area contributed by atoms with Gasteiger partial charge in [0.05, 0.1) is 20.1 Å². The Balaban J connectivity index is 0.00000225. The highest BCUT2D eigenvalue weighted by Crippen LogP contribution is 2.48. The summed E-state index contributed by atoms with van der Waals surface area (Å²) in [5.74, 6) is 2.60. The van der Waals surface area contributed by atoms with E-state index in [1.54, 1.807) is 14.2 Å². The largest absolute Gasteiger partial charge is 0.493 e. The van der Waals surface area contributed by atoms with Gasteiger partial charge in [-0.05, 0) is 61.3 Å². The lowest BCUT2D eigenvalue weighted by atomic mass is 9.84. The average Bonchev–Trinajstić information content (AvgIpc) is 3.16. The van der Waals surface area contributed by atoms with E-state index in [4.69, 9.17) is 15.2 Å². The second-order valence-electron chi connectivity index (χ2n) is 7.26. The van der Waals surface area contributed by atoms with Crippen molar-refractivity contribution in [2.24, 2.45) is 23.5 Å².